The van der Waals surface area contributed by atoms with Crippen molar-refractivity contribution in [2.45, 2.75) is 25.8 Å². The molecule has 0 spiro atoms. The van der Waals surface area contributed by atoms with Gasteiger partial charge < -0.3 is 15.8 Å². The van der Waals surface area contributed by atoms with Crippen molar-refractivity contribution in [2.75, 3.05) is 13.7 Å². The molecule has 0 aromatic carbocycles. The average molecular weight is 188 g/mol. The summed E-state index contributed by atoms with van der Waals surface area (Å²) in [6, 6.07) is -0.488. The van der Waals surface area contributed by atoms with Crippen LogP contribution in [0.5, 0.6) is 0 Å². The summed E-state index contributed by atoms with van der Waals surface area (Å²) in [5.41, 5.74) is 5.44. The van der Waals surface area contributed by atoms with E-state index in [2.05, 4.69) is 10.1 Å². The van der Waals surface area contributed by atoms with Crippen LogP contribution in [0.4, 0.5) is 0 Å². The van der Waals surface area contributed by atoms with Gasteiger partial charge in [0.05, 0.1) is 19.6 Å². The van der Waals surface area contributed by atoms with Gasteiger partial charge in [-0.05, 0) is 6.42 Å². The maximum Gasteiger partial charge on any atom is 0.307 e. The van der Waals surface area contributed by atoms with Gasteiger partial charge in [-0.2, -0.15) is 0 Å². The third-order valence-electron chi connectivity index (χ3n) is 1.63. The predicted octanol–water partition coefficient (Wildman–Crippen LogP) is -0.597. The van der Waals surface area contributed by atoms with Gasteiger partial charge in [0.1, 0.15) is 0 Å². The molecule has 76 valence electrons. The Labute approximate surface area is 77.6 Å². The topological polar surface area (TPSA) is 81.4 Å². The van der Waals surface area contributed by atoms with Gasteiger partial charge in [-0.3, -0.25) is 9.59 Å². The van der Waals surface area contributed by atoms with Gasteiger partial charge in [0.15, 0.2) is 0 Å². The minimum absolute atomic E-state index is 0.179. The summed E-state index contributed by atoms with van der Waals surface area (Å²) in [5.74, 6) is -0.572. The SMILES string of the molecule is CC[C@@H](N)C(=O)NCCC(=O)OC. The van der Waals surface area contributed by atoms with E-state index in [0.29, 0.717) is 6.42 Å². The third kappa shape index (κ3) is 5.19. The normalized spacial score (nSPS) is 11.9. The maximum absolute atomic E-state index is 11.1. The fourth-order valence-corrected chi connectivity index (χ4v) is 0.706. The van der Waals surface area contributed by atoms with Gasteiger partial charge >= 0.3 is 5.97 Å². The van der Waals surface area contributed by atoms with Gasteiger partial charge in [0.25, 0.3) is 0 Å². The van der Waals surface area contributed by atoms with Crippen molar-refractivity contribution >= 4 is 11.9 Å². The smallest absolute Gasteiger partial charge is 0.307 e. The van der Waals surface area contributed by atoms with Crippen molar-refractivity contribution in [2.24, 2.45) is 5.73 Å². The van der Waals surface area contributed by atoms with E-state index >= 15 is 0 Å². The van der Waals surface area contributed by atoms with Crippen LogP contribution in [-0.2, 0) is 14.3 Å². The summed E-state index contributed by atoms with van der Waals surface area (Å²) in [7, 11) is 1.31. The number of nitrogens with two attached hydrogens (primary N) is 1. The highest BCUT2D eigenvalue weighted by molar-refractivity contribution is 5.81. The van der Waals surface area contributed by atoms with Crippen molar-refractivity contribution in [3.05, 3.63) is 0 Å². The van der Waals surface area contributed by atoms with Gasteiger partial charge in [-0.15, -0.1) is 0 Å². The number of nitrogens with one attached hydrogen (secondary N) is 1. The Hall–Kier alpha value is -1.10. The highest BCUT2D eigenvalue weighted by Crippen LogP contribution is 1.86. The first-order valence-electron chi connectivity index (χ1n) is 4.22. The third-order valence-corrected chi connectivity index (χ3v) is 1.63. The van der Waals surface area contributed by atoms with Crippen molar-refractivity contribution < 1.29 is 14.3 Å². The van der Waals surface area contributed by atoms with Crippen molar-refractivity contribution in [3.8, 4) is 0 Å². The van der Waals surface area contributed by atoms with Crippen LogP contribution in [0.2, 0.25) is 0 Å². The van der Waals surface area contributed by atoms with E-state index in [0.717, 1.165) is 0 Å². The Balaban J connectivity index is 3.53. The van der Waals surface area contributed by atoms with Crippen LogP contribution in [0.15, 0.2) is 0 Å². The Kier molecular flexibility index (Phi) is 5.88. The molecular weight excluding hydrogens is 172 g/mol. The molecule has 3 N–H and O–H groups in total. The van der Waals surface area contributed by atoms with E-state index in [9.17, 15) is 9.59 Å². The molecule has 1 atom stereocenters. The molecule has 5 nitrogen and oxygen atoms in total. The van der Waals surface area contributed by atoms with Gasteiger partial charge in [0.2, 0.25) is 5.91 Å². The fourth-order valence-electron chi connectivity index (χ4n) is 0.706. The highest BCUT2D eigenvalue weighted by Gasteiger charge is 2.10. The number of carbonyl (C=O) groups excluding carboxylic acids is 2. The average Bonchev–Trinajstić information content (AvgIpc) is 2.15. The zero-order valence-corrected chi connectivity index (χ0v) is 8.00. The molecule has 1 amide bonds. The standard InChI is InChI=1S/C8H16N2O3/c1-3-6(9)8(12)10-5-4-7(11)13-2/h6H,3-5,9H2,1-2H3,(H,10,12)/t6-/m1/s1. The summed E-state index contributed by atoms with van der Waals surface area (Å²) in [4.78, 5) is 21.7. The minimum Gasteiger partial charge on any atom is -0.469 e. The number of ether oxygens (including phenoxy) is 1. The molecule has 5 heteroatoms. The number of hydrogen-bond donors (Lipinski definition) is 2. The van der Waals surface area contributed by atoms with E-state index in [1.807, 2.05) is 6.92 Å². The van der Waals surface area contributed by atoms with Crippen LogP contribution in [0, 0.1) is 0 Å². The largest absolute Gasteiger partial charge is 0.469 e. The van der Waals surface area contributed by atoms with Crippen LogP contribution in [0.1, 0.15) is 19.8 Å². The number of carbonyl (C=O) groups is 2. The van der Waals surface area contributed by atoms with E-state index < -0.39 is 6.04 Å². The number of esters is 1. The van der Waals surface area contributed by atoms with Crippen molar-refractivity contribution in [1.82, 2.24) is 5.32 Å². The molecule has 0 unspecified atom stereocenters. The summed E-state index contributed by atoms with van der Waals surface area (Å²) in [6.45, 7) is 2.10. The molecule has 0 aromatic rings. The Morgan fingerprint density at radius 2 is 2.15 bits per heavy atom. The molecule has 0 radical (unpaired) electrons. The number of rotatable bonds is 5. The molecule has 0 rings (SSSR count). The zero-order valence-electron chi connectivity index (χ0n) is 8.00. The first-order chi connectivity index (χ1) is 6.11. The predicted molar refractivity (Wildman–Crippen MR) is 47.9 cm³/mol. The fraction of sp³-hybridized carbons (Fsp3) is 0.750. The molecule has 0 fully saturated rings. The van der Waals surface area contributed by atoms with Crippen molar-refractivity contribution in [3.63, 3.8) is 0 Å². The summed E-state index contributed by atoms with van der Waals surface area (Å²) >= 11 is 0. The second kappa shape index (κ2) is 6.42. The molecule has 0 aliphatic rings. The quantitative estimate of drug-likeness (QED) is 0.565. The second-order valence-corrected chi connectivity index (χ2v) is 2.63. The van der Waals surface area contributed by atoms with Crippen LogP contribution < -0.4 is 11.1 Å². The van der Waals surface area contributed by atoms with E-state index in [4.69, 9.17) is 5.73 Å². The molecule has 0 saturated carbocycles. The highest BCUT2D eigenvalue weighted by atomic mass is 16.5. The summed E-state index contributed by atoms with van der Waals surface area (Å²) in [5, 5.41) is 2.53. The van der Waals surface area contributed by atoms with E-state index in [-0.39, 0.29) is 24.8 Å². The first-order valence-corrected chi connectivity index (χ1v) is 4.22. The van der Waals surface area contributed by atoms with E-state index in [1.54, 1.807) is 0 Å². The lowest BCUT2D eigenvalue weighted by Gasteiger charge is -2.08. The lowest BCUT2D eigenvalue weighted by molar-refractivity contribution is -0.140. The maximum atomic E-state index is 11.1. The van der Waals surface area contributed by atoms with Gasteiger partial charge in [-0.25, -0.2) is 0 Å². The molecule has 0 aliphatic heterocycles. The van der Waals surface area contributed by atoms with Crippen LogP contribution in [0.25, 0.3) is 0 Å². The first kappa shape index (κ1) is 11.9. The molecule has 13 heavy (non-hydrogen) atoms. The van der Waals surface area contributed by atoms with Gasteiger partial charge in [0, 0.05) is 6.54 Å². The number of methoxy groups -OCH3 is 1. The second-order valence-electron chi connectivity index (χ2n) is 2.63. The van der Waals surface area contributed by atoms with Crippen LogP contribution in [0.3, 0.4) is 0 Å². The van der Waals surface area contributed by atoms with Crippen molar-refractivity contribution in [1.29, 1.82) is 0 Å². The molecule has 0 aliphatic carbocycles. The lowest BCUT2D eigenvalue weighted by atomic mass is 10.2. The summed E-state index contributed by atoms with van der Waals surface area (Å²) < 4.78 is 4.40. The number of hydrogen-bond acceptors (Lipinski definition) is 4. The molecule has 0 heterocycles. The lowest BCUT2D eigenvalue weighted by Crippen LogP contribution is -2.40. The monoisotopic (exact) mass is 188 g/mol. The molecule has 0 saturated heterocycles. The van der Waals surface area contributed by atoms with E-state index in [1.165, 1.54) is 7.11 Å². The molecule has 0 bridgehead atoms. The molecular formula is C8H16N2O3. The zero-order chi connectivity index (χ0) is 10.3. The Bertz CT molecular complexity index is 182. The summed E-state index contributed by atoms with van der Waals surface area (Å²) in [6.07, 6.45) is 0.767. The van der Waals surface area contributed by atoms with Crippen LogP contribution >= 0.6 is 0 Å². The number of amides is 1. The Morgan fingerprint density at radius 3 is 2.62 bits per heavy atom. The minimum atomic E-state index is -0.488. The van der Waals surface area contributed by atoms with Gasteiger partial charge in [-0.1, -0.05) is 6.92 Å². The van der Waals surface area contributed by atoms with Crippen LogP contribution in [-0.4, -0.2) is 31.6 Å². The molecule has 0 aromatic heterocycles. The Morgan fingerprint density at radius 1 is 1.54 bits per heavy atom.